The number of aryl methyl sites for hydroxylation is 1. The Balaban J connectivity index is 0.00000243. The number of hydrogen-bond acceptors (Lipinski definition) is 2. The fourth-order valence-corrected chi connectivity index (χ4v) is 3.34. The van der Waals surface area contributed by atoms with E-state index in [0.717, 1.165) is 32.1 Å². The highest BCUT2D eigenvalue weighted by molar-refractivity contribution is 14.0. The maximum atomic E-state index is 4.34. The highest BCUT2D eigenvalue weighted by atomic mass is 127. The predicted molar refractivity (Wildman–Crippen MR) is 122 cm³/mol. The van der Waals surface area contributed by atoms with E-state index in [1.165, 1.54) is 23.2 Å². The third-order valence-electron chi connectivity index (χ3n) is 4.73. The Kier molecular flexibility index (Phi) is 8.22. The second-order valence-corrected chi connectivity index (χ2v) is 6.73. The minimum absolute atomic E-state index is 0. The van der Waals surface area contributed by atoms with Crippen molar-refractivity contribution in [2.75, 3.05) is 31.6 Å². The molecule has 2 aromatic rings. The molecule has 4 nitrogen and oxygen atoms in total. The van der Waals surface area contributed by atoms with Crippen molar-refractivity contribution in [3.63, 3.8) is 0 Å². The molecule has 0 saturated carbocycles. The lowest BCUT2D eigenvalue weighted by Crippen LogP contribution is -2.39. The van der Waals surface area contributed by atoms with Crippen LogP contribution in [0.1, 0.15) is 17.5 Å². The Morgan fingerprint density at radius 1 is 1.12 bits per heavy atom. The van der Waals surface area contributed by atoms with Gasteiger partial charge in [0, 0.05) is 38.9 Å². The minimum Gasteiger partial charge on any atom is -0.371 e. The Morgan fingerprint density at radius 3 is 2.65 bits per heavy atom. The third kappa shape index (κ3) is 5.90. The molecule has 1 saturated heterocycles. The van der Waals surface area contributed by atoms with Gasteiger partial charge in [0.15, 0.2) is 5.96 Å². The van der Waals surface area contributed by atoms with Gasteiger partial charge in [0.2, 0.25) is 0 Å². The predicted octanol–water partition coefficient (Wildman–Crippen LogP) is 3.80. The summed E-state index contributed by atoms with van der Waals surface area (Å²) in [7, 11) is 1.83. The molecule has 0 aliphatic carbocycles. The second kappa shape index (κ2) is 10.4. The molecule has 26 heavy (non-hydrogen) atoms. The van der Waals surface area contributed by atoms with E-state index < -0.39 is 0 Å². The standard InChI is InChI=1S/C21H28N4.HI/c1-17-7-6-8-18(13-17)14-23-21(22-2)24-15-19-11-12-25(16-19)20-9-4-3-5-10-20;/h3-10,13,19H,11-12,14-16H2,1-2H3,(H2,22,23,24);1H. The smallest absolute Gasteiger partial charge is 0.191 e. The minimum atomic E-state index is 0. The first-order valence-electron chi connectivity index (χ1n) is 9.04. The normalized spacial score (nSPS) is 16.9. The van der Waals surface area contributed by atoms with Crippen LogP contribution < -0.4 is 15.5 Å². The van der Waals surface area contributed by atoms with Crippen molar-refractivity contribution in [1.29, 1.82) is 0 Å². The molecular formula is C21H29IN4. The summed E-state index contributed by atoms with van der Waals surface area (Å²) in [5.74, 6) is 1.53. The summed E-state index contributed by atoms with van der Waals surface area (Å²) in [6, 6.07) is 19.2. The average molecular weight is 464 g/mol. The zero-order valence-electron chi connectivity index (χ0n) is 15.6. The number of benzene rings is 2. The Morgan fingerprint density at radius 2 is 1.92 bits per heavy atom. The SMILES string of the molecule is CN=C(NCc1cccc(C)c1)NCC1CCN(c2ccccc2)C1.I. The van der Waals surface area contributed by atoms with Gasteiger partial charge in [0.25, 0.3) is 0 Å². The van der Waals surface area contributed by atoms with Gasteiger partial charge in [-0.3, -0.25) is 4.99 Å². The molecule has 1 aliphatic heterocycles. The monoisotopic (exact) mass is 464 g/mol. The van der Waals surface area contributed by atoms with Crippen molar-refractivity contribution < 1.29 is 0 Å². The number of aliphatic imine (C=N–C) groups is 1. The number of nitrogens with one attached hydrogen (secondary N) is 2. The lowest BCUT2D eigenvalue weighted by atomic mass is 10.1. The van der Waals surface area contributed by atoms with E-state index in [2.05, 4.69) is 82.0 Å². The zero-order chi connectivity index (χ0) is 17.5. The molecule has 1 atom stereocenters. The molecule has 0 radical (unpaired) electrons. The van der Waals surface area contributed by atoms with Crippen LogP contribution in [0.15, 0.2) is 59.6 Å². The number of hydrogen-bond donors (Lipinski definition) is 2. The quantitative estimate of drug-likeness (QED) is 0.402. The van der Waals surface area contributed by atoms with E-state index in [0.29, 0.717) is 5.92 Å². The summed E-state index contributed by atoms with van der Waals surface area (Å²) in [4.78, 5) is 6.81. The van der Waals surface area contributed by atoms with Gasteiger partial charge in [-0.25, -0.2) is 0 Å². The molecule has 0 bridgehead atoms. The van der Waals surface area contributed by atoms with Gasteiger partial charge >= 0.3 is 0 Å². The zero-order valence-corrected chi connectivity index (χ0v) is 17.9. The van der Waals surface area contributed by atoms with E-state index in [9.17, 15) is 0 Å². The van der Waals surface area contributed by atoms with Gasteiger partial charge in [-0.1, -0.05) is 48.0 Å². The summed E-state index contributed by atoms with van der Waals surface area (Å²) in [5.41, 5.74) is 3.89. The fraction of sp³-hybridized carbons (Fsp3) is 0.381. The largest absolute Gasteiger partial charge is 0.371 e. The summed E-state index contributed by atoms with van der Waals surface area (Å²) in [5, 5.41) is 6.89. The first-order valence-corrected chi connectivity index (χ1v) is 9.04. The lowest BCUT2D eigenvalue weighted by molar-refractivity contribution is 0.565. The summed E-state index contributed by atoms with van der Waals surface area (Å²) >= 11 is 0. The van der Waals surface area contributed by atoms with Gasteiger partial charge < -0.3 is 15.5 Å². The van der Waals surface area contributed by atoms with Crippen LogP contribution in [-0.2, 0) is 6.54 Å². The second-order valence-electron chi connectivity index (χ2n) is 6.73. The van der Waals surface area contributed by atoms with E-state index in [4.69, 9.17) is 0 Å². The van der Waals surface area contributed by atoms with E-state index in [-0.39, 0.29) is 24.0 Å². The maximum Gasteiger partial charge on any atom is 0.191 e. The van der Waals surface area contributed by atoms with Crippen LogP contribution in [0.5, 0.6) is 0 Å². The third-order valence-corrected chi connectivity index (χ3v) is 4.73. The maximum absolute atomic E-state index is 4.34. The average Bonchev–Trinajstić information content (AvgIpc) is 3.12. The highest BCUT2D eigenvalue weighted by Crippen LogP contribution is 2.22. The van der Waals surface area contributed by atoms with Crippen molar-refractivity contribution in [2.24, 2.45) is 10.9 Å². The molecule has 0 amide bonds. The number of guanidine groups is 1. The molecule has 140 valence electrons. The van der Waals surface area contributed by atoms with Gasteiger partial charge in [-0.05, 0) is 37.0 Å². The fourth-order valence-electron chi connectivity index (χ4n) is 3.34. The van der Waals surface area contributed by atoms with E-state index in [1.54, 1.807) is 0 Å². The number of halogens is 1. The first-order chi connectivity index (χ1) is 12.2. The van der Waals surface area contributed by atoms with Crippen molar-refractivity contribution in [3.05, 3.63) is 65.7 Å². The molecule has 1 fully saturated rings. The van der Waals surface area contributed by atoms with Crippen LogP contribution in [0.2, 0.25) is 0 Å². The first kappa shape index (κ1) is 20.6. The van der Waals surface area contributed by atoms with Gasteiger partial charge in [0.05, 0.1) is 0 Å². The van der Waals surface area contributed by atoms with Crippen LogP contribution in [0.4, 0.5) is 5.69 Å². The number of nitrogens with zero attached hydrogens (tertiary/aromatic N) is 2. The Bertz CT molecular complexity index is 702. The molecule has 1 unspecified atom stereocenters. The molecule has 1 aliphatic rings. The van der Waals surface area contributed by atoms with Crippen LogP contribution in [0, 0.1) is 12.8 Å². The summed E-state index contributed by atoms with van der Waals surface area (Å²) < 4.78 is 0. The molecule has 3 rings (SSSR count). The van der Waals surface area contributed by atoms with Crippen molar-refractivity contribution in [3.8, 4) is 0 Å². The topological polar surface area (TPSA) is 39.7 Å². The molecular weight excluding hydrogens is 435 g/mol. The number of anilines is 1. The summed E-state index contributed by atoms with van der Waals surface area (Å²) in [6.45, 7) is 6.10. The molecule has 2 N–H and O–H groups in total. The Hall–Kier alpha value is -1.76. The lowest BCUT2D eigenvalue weighted by Gasteiger charge is -2.19. The van der Waals surface area contributed by atoms with E-state index >= 15 is 0 Å². The summed E-state index contributed by atoms with van der Waals surface area (Å²) in [6.07, 6.45) is 1.22. The van der Waals surface area contributed by atoms with E-state index in [1.807, 2.05) is 7.05 Å². The molecule has 0 spiro atoms. The van der Waals surface area contributed by atoms with Crippen LogP contribution in [0.25, 0.3) is 0 Å². The molecule has 0 aromatic heterocycles. The van der Waals surface area contributed by atoms with Gasteiger partial charge in [-0.15, -0.1) is 24.0 Å². The van der Waals surface area contributed by atoms with Crippen molar-refractivity contribution >= 4 is 35.6 Å². The van der Waals surface area contributed by atoms with Crippen LogP contribution in [-0.4, -0.2) is 32.6 Å². The molecule has 2 aromatic carbocycles. The van der Waals surface area contributed by atoms with Crippen LogP contribution in [0.3, 0.4) is 0 Å². The Labute approximate surface area is 174 Å². The number of para-hydroxylation sites is 1. The highest BCUT2D eigenvalue weighted by Gasteiger charge is 2.22. The van der Waals surface area contributed by atoms with Gasteiger partial charge in [0.1, 0.15) is 0 Å². The van der Waals surface area contributed by atoms with Crippen molar-refractivity contribution in [1.82, 2.24) is 10.6 Å². The van der Waals surface area contributed by atoms with Crippen LogP contribution >= 0.6 is 24.0 Å². The van der Waals surface area contributed by atoms with Gasteiger partial charge in [-0.2, -0.15) is 0 Å². The van der Waals surface area contributed by atoms with Crippen molar-refractivity contribution in [2.45, 2.75) is 19.9 Å². The molecule has 5 heteroatoms. The number of rotatable bonds is 5. The molecule has 1 heterocycles.